The fraction of sp³-hybridized carbons (Fsp3) is 0.562. The van der Waals surface area contributed by atoms with Crippen molar-refractivity contribution in [1.82, 2.24) is 4.90 Å². The number of hydrogen-bond acceptors (Lipinski definition) is 2. The minimum atomic E-state index is 0.0243. The number of nitrogens with zero attached hydrogens (tertiary/aromatic N) is 1. The first-order chi connectivity index (χ1) is 9.71. The van der Waals surface area contributed by atoms with Crippen LogP contribution < -0.4 is 0 Å². The average molecular weight is 312 g/mol. The normalized spacial score (nSPS) is 17.3. The monoisotopic (exact) mass is 311 g/mol. The Labute approximate surface area is 130 Å². The number of carbonyl (C=O) groups is 1. The van der Waals surface area contributed by atoms with Gasteiger partial charge in [-0.15, -0.1) is 23.4 Å². The van der Waals surface area contributed by atoms with E-state index in [4.69, 9.17) is 11.6 Å². The molecule has 2 rings (SSSR count). The van der Waals surface area contributed by atoms with Crippen molar-refractivity contribution in [3.8, 4) is 0 Å². The molecule has 1 aliphatic rings. The van der Waals surface area contributed by atoms with E-state index in [0.717, 1.165) is 19.3 Å². The summed E-state index contributed by atoms with van der Waals surface area (Å²) in [4.78, 5) is 16.1. The van der Waals surface area contributed by atoms with Crippen molar-refractivity contribution in [1.29, 1.82) is 0 Å². The maximum atomic E-state index is 12.8. The molecule has 0 radical (unpaired) electrons. The number of carbonyl (C=O) groups excluding carboxylic acids is 1. The SMILES string of the molecule is CCC(CC)N(CCCl)C(=O)C1Cc2ccccc2S1. The highest BCUT2D eigenvalue weighted by Crippen LogP contribution is 2.38. The molecule has 0 aliphatic carbocycles. The number of amides is 1. The fourth-order valence-electron chi connectivity index (χ4n) is 2.80. The van der Waals surface area contributed by atoms with E-state index in [1.165, 1.54) is 10.5 Å². The lowest BCUT2D eigenvalue weighted by Gasteiger charge is -2.32. The highest BCUT2D eigenvalue weighted by Gasteiger charge is 2.33. The Morgan fingerprint density at radius 3 is 2.70 bits per heavy atom. The van der Waals surface area contributed by atoms with Gasteiger partial charge in [0.2, 0.25) is 5.91 Å². The molecular weight excluding hydrogens is 290 g/mol. The minimum absolute atomic E-state index is 0.0243. The number of benzene rings is 1. The first kappa shape index (κ1) is 15.7. The van der Waals surface area contributed by atoms with Crippen molar-refractivity contribution in [2.75, 3.05) is 12.4 Å². The molecular formula is C16H22ClNOS. The summed E-state index contributed by atoms with van der Waals surface area (Å²) in [6.45, 7) is 4.93. The second-order valence-corrected chi connectivity index (χ2v) is 6.73. The molecule has 1 aromatic carbocycles. The van der Waals surface area contributed by atoms with Gasteiger partial charge in [0, 0.05) is 23.4 Å². The zero-order valence-electron chi connectivity index (χ0n) is 12.1. The van der Waals surface area contributed by atoms with Crippen molar-refractivity contribution in [2.24, 2.45) is 0 Å². The minimum Gasteiger partial charge on any atom is -0.338 e. The van der Waals surface area contributed by atoms with Gasteiger partial charge in [0.15, 0.2) is 0 Å². The van der Waals surface area contributed by atoms with Crippen molar-refractivity contribution < 1.29 is 4.79 Å². The molecule has 0 saturated carbocycles. The van der Waals surface area contributed by atoms with Crippen molar-refractivity contribution in [3.63, 3.8) is 0 Å². The van der Waals surface area contributed by atoms with Crippen molar-refractivity contribution in [2.45, 2.75) is 49.3 Å². The van der Waals surface area contributed by atoms with Crippen LogP contribution in [-0.2, 0) is 11.2 Å². The van der Waals surface area contributed by atoms with Crippen molar-refractivity contribution >= 4 is 29.3 Å². The summed E-state index contributed by atoms with van der Waals surface area (Å²) in [5.41, 5.74) is 1.30. The average Bonchev–Trinajstić information content (AvgIpc) is 2.90. The van der Waals surface area contributed by atoms with E-state index < -0.39 is 0 Å². The predicted octanol–water partition coefficient (Wildman–Crippen LogP) is 3.96. The summed E-state index contributed by atoms with van der Waals surface area (Å²) in [6, 6.07) is 8.62. The highest BCUT2D eigenvalue weighted by atomic mass is 35.5. The Hall–Kier alpha value is -0.670. The van der Waals surface area contributed by atoms with E-state index in [-0.39, 0.29) is 11.2 Å². The van der Waals surface area contributed by atoms with Gasteiger partial charge in [0.25, 0.3) is 0 Å². The molecule has 1 unspecified atom stereocenters. The predicted molar refractivity (Wildman–Crippen MR) is 86.6 cm³/mol. The molecule has 0 fully saturated rings. The lowest BCUT2D eigenvalue weighted by atomic mass is 10.1. The van der Waals surface area contributed by atoms with Crippen LogP contribution >= 0.6 is 23.4 Å². The summed E-state index contributed by atoms with van der Waals surface area (Å²) in [5.74, 6) is 0.757. The first-order valence-electron chi connectivity index (χ1n) is 7.32. The highest BCUT2D eigenvalue weighted by molar-refractivity contribution is 8.01. The number of hydrogen-bond donors (Lipinski definition) is 0. The van der Waals surface area contributed by atoms with E-state index in [9.17, 15) is 4.79 Å². The molecule has 1 amide bonds. The Balaban J connectivity index is 2.10. The molecule has 0 bridgehead atoms. The smallest absolute Gasteiger partial charge is 0.236 e. The van der Waals surface area contributed by atoms with Crippen LogP contribution in [0.25, 0.3) is 0 Å². The molecule has 0 saturated heterocycles. The summed E-state index contributed by atoms with van der Waals surface area (Å²) in [7, 11) is 0. The maximum Gasteiger partial charge on any atom is 0.236 e. The molecule has 0 spiro atoms. The van der Waals surface area contributed by atoms with E-state index >= 15 is 0 Å². The van der Waals surface area contributed by atoms with Gasteiger partial charge >= 0.3 is 0 Å². The summed E-state index contributed by atoms with van der Waals surface area (Å²) in [5, 5.41) is 0.0243. The van der Waals surface area contributed by atoms with Crippen LogP contribution in [0.4, 0.5) is 0 Å². The second kappa shape index (κ2) is 7.37. The third kappa shape index (κ3) is 3.32. The first-order valence-corrected chi connectivity index (χ1v) is 8.73. The lowest BCUT2D eigenvalue weighted by molar-refractivity contribution is -0.132. The van der Waals surface area contributed by atoms with Crippen LogP contribution in [0.1, 0.15) is 32.3 Å². The van der Waals surface area contributed by atoms with Crippen LogP contribution in [0.3, 0.4) is 0 Å². The van der Waals surface area contributed by atoms with E-state index in [1.807, 2.05) is 17.0 Å². The molecule has 1 heterocycles. The summed E-state index contributed by atoms with van der Waals surface area (Å²) >= 11 is 7.60. The zero-order chi connectivity index (χ0) is 14.5. The second-order valence-electron chi connectivity index (χ2n) is 5.11. The van der Waals surface area contributed by atoms with Gasteiger partial charge in [-0.05, 0) is 30.9 Å². The van der Waals surface area contributed by atoms with Gasteiger partial charge in [-0.2, -0.15) is 0 Å². The Morgan fingerprint density at radius 1 is 1.40 bits per heavy atom. The van der Waals surface area contributed by atoms with Gasteiger partial charge in [0.05, 0.1) is 5.25 Å². The van der Waals surface area contributed by atoms with Crippen LogP contribution in [-0.4, -0.2) is 34.5 Å². The van der Waals surface area contributed by atoms with Gasteiger partial charge in [0.1, 0.15) is 0 Å². The molecule has 110 valence electrons. The zero-order valence-corrected chi connectivity index (χ0v) is 13.7. The summed E-state index contributed by atoms with van der Waals surface area (Å²) in [6.07, 6.45) is 2.82. The lowest BCUT2D eigenvalue weighted by Crippen LogP contribution is -2.45. The number of thioether (sulfide) groups is 1. The van der Waals surface area contributed by atoms with Crippen LogP contribution in [0, 0.1) is 0 Å². The van der Waals surface area contributed by atoms with E-state index in [2.05, 4.69) is 26.0 Å². The summed E-state index contributed by atoms with van der Waals surface area (Å²) < 4.78 is 0. The maximum absolute atomic E-state index is 12.8. The quantitative estimate of drug-likeness (QED) is 0.741. The number of rotatable bonds is 6. The molecule has 1 atom stereocenters. The van der Waals surface area contributed by atoms with E-state index in [1.54, 1.807) is 11.8 Å². The van der Waals surface area contributed by atoms with E-state index in [0.29, 0.717) is 18.5 Å². The van der Waals surface area contributed by atoms with Gasteiger partial charge in [-0.25, -0.2) is 0 Å². The molecule has 1 aromatic rings. The van der Waals surface area contributed by atoms with Crippen molar-refractivity contribution in [3.05, 3.63) is 29.8 Å². The third-order valence-electron chi connectivity index (χ3n) is 3.91. The largest absolute Gasteiger partial charge is 0.338 e. The van der Waals surface area contributed by atoms with Crippen LogP contribution in [0.5, 0.6) is 0 Å². The molecule has 0 N–H and O–H groups in total. The molecule has 4 heteroatoms. The third-order valence-corrected chi connectivity index (χ3v) is 5.39. The number of alkyl halides is 1. The molecule has 1 aliphatic heterocycles. The number of halogens is 1. The van der Waals surface area contributed by atoms with Gasteiger partial charge < -0.3 is 4.90 Å². The number of fused-ring (bicyclic) bond motifs is 1. The fourth-order valence-corrected chi connectivity index (χ4v) is 4.25. The molecule has 20 heavy (non-hydrogen) atoms. The topological polar surface area (TPSA) is 20.3 Å². The molecule has 2 nitrogen and oxygen atoms in total. The standard InChI is InChI=1S/C16H22ClNOS/c1-3-13(4-2)18(10-9-17)16(19)15-11-12-7-5-6-8-14(12)20-15/h5-8,13,15H,3-4,9-11H2,1-2H3. The molecule has 0 aromatic heterocycles. The van der Waals surface area contributed by atoms with Crippen LogP contribution in [0.2, 0.25) is 0 Å². The van der Waals surface area contributed by atoms with Gasteiger partial charge in [-0.3, -0.25) is 4.79 Å². The Kier molecular flexibility index (Phi) is 5.79. The Bertz CT molecular complexity index is 437. The Morgan fingerprint density at radius 2 is 2.10 bits per heavy atom. The van der Waals surface area contributed by atoms with Crippen LogP contribution in [0.15, 0.2) is 29.2 Å². The van der Waals surface area contributed by atoms with Gasteiger partial charge in [-0.1, -0.05) is 32.0 Å².